The van der Waals surface area contributed by atoms with Crippen molar-refractivity contribution in [2.24, 2.45) is 5.10 Å². The van der Waals surface area contributed by atoms with Crippen molar-refractivity contribution in [3.8, 4) is 17.2 Å². The summed E-state index contributed by atoms with van der Waals surface area (Å²) in [4.78, 5) is 23.5. The predicted octanol–water partition coefficient (Wildman–Crippen LogP) is 4.67. The van der Waals surface area contributed by atoms with Crippen molar-refractivity contribution in [2.75, 3.05) is 20.0 Å². The Hall–Kier alpha value is -2.80. The molecule has 0 fully saturated rings. The van der Waals surface area contributed by atoms with Gasteiger partial charge in [0.25, 0.3) is 5.91 Å². The van der Waals surface area contributed by atoms with Crippen molar-refractivity contribution < 1.29 is 23.8 Å². The number of nitrogens with zero attached hydrogens (tertiary/aromatic N) is 3. The Bertz CT molecular complexity index is 1200. The van der Waals surface area contributed by atoms with Gasteiger partial charge in [-0.25, -0.2) is 5.43 Å². The number of amides is 1. The lowest BCUT2D eigenvalue weighted by Gasteiger charge is -2.13. The third-order valence-electron chi connectivity index (χ3n) is 4.16. The maximum absolute atomic E-state index is 12.2. The van der Waals surface area contributed by atoms with Crippen molar-refractivity contribution in [2.45, 2.75) is 21.4 Å². The molecule has 3 rings (SSSR count). The van der Waals surface area contributed by atoms with E-state index in [9.17, 15) is 9.59 Å². The van der Waals surface area contributed by atoms with Crippen molar-refractivity contribution >= 4 is 64.6 Å². The zero-order valence-corrected chi connectivity index (χ0v) is 22.1. The molecule has 3 aromatic rings. The summed E-state index contributed by atoms with van der Waals surface area (Å²) in [7, 11) is 2.88. The Morgan fingerprint density at radius 2 is 1.77 bits per heavy atom. The molecule has 1 N–H and O–H groups in total. The van der Waals surface area contributed by atoms with Crippen molar-refractivity contribution in [3.63, 3.8) is 0 Å². The minimum absolute atomic E-state index is 0.124. The van der Waals surface area contributed by atoms with Crippen LogP contribution in [0.5, 0.6) is 17.2 Å². The van der Waals surface area contributed by atoms with Crippen LogP contribution < -0.4 is 19.6 Å². The summed E-state index contributed by atoms with van der Waals surface area (Å²) < 4.78 is 17.2. The van der Waals surface area contributed by atoms with Gasteiger partial charge in [0, 0.05) is 23.3 Å². The van der Waals surface area contributed by atoms with Gasteiger partial charge in [0.05, 0.1) is 26.2 Å². The maximum Gasteiger partial charge on any atom is 0.308 e. The summed E-state index contributed by atoms with van der Waals surface area (Å²) >= 11 is 10.4. The van der Waals surface area contributed by atoms with Crippen LogP contribution in [0, 0.1) is 0 Å². The average molecular weight is 553 g/mol. The van der Waals surface area contributed by atoms with Crippen LogP contribution in [-0.2, 0) is 15.3 Å². The predicted molar refractivity (Wildman–Crippen MR) is 138 cm³/mol. The first kappa shape index (κ1) is 26.8. The maximum atomic E-state index is 12.2. The van der Waals surface area contributed by atoms with Crippen LogP contribution in [-0.4, -0.2) is 48.3 Å². The molecular weight excluding hydrogens is 532 g/mol. The molecule has 9 nitrogen and oxygen atoms in total. The number of hydrogen-bond donors (Lipinski definition) is 1. The summed E-state index contributed by atoms with van der Waals surface area (Å²) in [5.41, 5.74) is 4.06. The Balaban J connectivity index is 1.50. The van der Waals surface area contributed by atoms with Crippen LogP contribution in [0.2, 0.25) is 5.02 Å². The van der Waals surface area contributed by atoms with Gasteiger partial charge < -0.3 is 14.2 Å². The highest BCUT2D eigenvalue weighted by atomic mass is 35.5. The van der Waals surface area contributed by atoms with E-state index in [4.69, 9.17) is 25.8 Å². The van der Waals surface area contributed by atoms with Crippen LogP contribution in [0.4, 0.5) is 0 Å². The first-order valence-electron chi connectivity index (χ1n) is 9.98. The topological polar surface area (TPSA) is 112 Å². The highest BCUT2D eigenvalue weighted by Crippen LogP contribution is 2.38. The van der Waals surface area contributed by atoms with Crippen molar-refractivity contribution in [1.29, 1.82) is 0 Å². The molecule has 1 aromatic heterocycles. The number of esters is 1. The Labute approximate surface area is 219 Å². The van der Waals surface area contributed by atoms with Gasteiger partial charge in [-0.05, 0) is 23.8 Å². The number of methoxy groups -OCH3 is 2. The molecule has 184 valence electrons. The molecule has 0 saturated carbocycles. The first-order valence-corrected chi connectivity index (χ1v) is 13.1. The summed E-state index contributed by atoms with van der Waals surface area (Å²) in [6.45, 7) is 1.28. The third-order valence-corrected chi connectivity index (χ3v) is 7.76. The van der Waals surface area contributed by atoms with Crippen LogP contribution in [0.1, 0.15) is 18.1 Å². The highest BCUT2D eigenvalue weighted by Gasteiger charge is 2.16. The van der Waals surface area contributed by atoms with E-state index in [1.807, 2.05) is 24.3 Å². The molecule has 0 spiro atoms. The monoisotopic (exact) mass is 552 g/mol. The van der Waals surface area contributed by atoms with Crippen LogP contribution in [0.25, 0.3) is 0 Å². The number of hydrogen-bond acceptors (Lipinski definition) is 11. The summed E-state index contributed by atoms with van der Waals surface area (Å²) in [5, 5.41) is 12.9. The fraction of sp³-hybridized carbons (Fsp3) is 0.227. The van der Waals surface area contributed by atoms with E-state index >= 15 is 0 Å². The number of rotatable bonds is 11. The molecule has 13 heteroatoms. The number of hydrazone groups is 1. The molecule has 0 saturated heterocycles. The van der Waals surface area contributed by atoms with Gasteiger partial charge in [-0.3, -0.25) is 9.59 Å². The fourth-order valence-corrected chi connectivity index (χ4v) is 5.72. The lowest BCUT2D eigenvalue weighted by atomic mass is 10.2. The van der Waals surface area contributed by atoms with E-state index in [-0.39, 0.29) is 17.4 Å². The molecule has 0 aliphatic heterocycles. The second-order valence-electron chi connectivity index (χ2n) is 6.64. The molecule has 0 aliphatic rings. The number of carbonyl (C=O) groups is 2. The number of thioether (sulfide) groups is 2. The van der Waals surface area contributed by atoms with Crippen LogP contribution >= 0.6 is 46.5 Å². The molecule has 0 atom stereocenters. The normalized spacial score (nSPS) is 10.9. The van der Waals surface area contributed by atoms with Gasteiger partial charge in [0.15, 0.2) is 20.2 Å². The van der Waals surface area contributed by atoms with E-state index in [0.29, 0.717) is 32.2 Å². The van der Waals surface area contributed by atoms with Crippen LogP contribution in [0.3, 0.4) is 0 Å². The SMILES string of the molecule is COc1cc(C=NNC(=O)CSc2nnc(SCc3ccccc3Cl)s2)cc(OC)c1OC(C)=O. The molecule has 0 bridgehead atoms. The molecule has 0 radical (unpaired) electrons. The molecule has 0 aliphatic carbocycles. The Morgan fingerprint density at radius 3 is 2.40 bits per heavy atom. The van der Waals surface area contributed by atoms with E-state index in [2.05, 4.69) is 20.7 Å². The first-order chi connectivity index (χ1) is 16.9. The van der Waals surface area contributed by atoms with E-state index in [0.717, 1.165) is 9.90 Å². The number of ether oxygens (including phenoxy) is 3. The van der Waals surface area contributed by atoms with Gasteiger partial charge >= 0.3 is 5.97 Å². The number of aromatic nitrogens is 2. The van der Waals surface area contributed by atoms with E-state index < -0.39 is 5.97 Å². The summed E-state index contributed by atoms with van der Waals surface area (Å²) in [6.07, 6.45) is 1.43. The number of carbonyl (C=O) groups excluding carboxylic acids is 2. The number of benzene rings is 2. The molecule has 0 unspecified atom stereocenters. The van der Waals surface area contributed by atoms with Gasteiger partial charge in [-0.2, -0.15) is 5.10 Å². The Kier molecular flexibility index (Phi) is 10.2. The largest absolute Gasteiger partial charge is 0.493 e. The second kappa shape index (κ2) is 13.3. The molecule has 2 aromatic carbocycles. The summed E-state index contributed by atoms with van der Waals surface area (Å²) in [6, 6.07) is 10.9. The second-order valence-corrected chi connectivity index (χ2v) is 10.5. The molecule has 1 amide bonds. The molecule has 1 heterocycles. The number of nitrogens with one attached hydrogen (secondary N) is 1. The molecule has 35 heavy (non-hydrogen) atoms. The number of halogens is 1. The van der Waals surface area contributed by atoms with Gasteiger partial charge in [0.1, 0.15) is 0 Å². The standard InChI is InChI=1S/C22H21ClN4O5S3/c1-13(28)32-20-17(30-2)8-14(9-18(20)31-3)10-24-25-19(29)12-34-22-27-26-21(35-22)33-11-15-6-4-5-7-16(15)23/h4-10H,11-12H2,1-3H3,(H,25,29). The smallest absolute Gasteiger partial charge is 0.308 e. The Morgan fingerprint density at radius 1 is 1.11 bits per heavy atom. The fourth-order valence-electron chi connectivity index (χ4n) is 2.63. The quantitative estimate of drug-likeness (QED) is 0.119. The van der Waals surface area contributed by atoms with E-state index in [1.165, 1.54) is 62.2 Å². The van der Waals surface area contributed by atoms with Crippen molar-refractivity contribution in [3.05, 3.63) is 52.5 Å². The third kappa shape index (κ3) is 8.13. The van der Waals surface area contributed by atoms with Crippen molar-refractivity contribution in [1.82, 2.24) is 15.6 Å². The lowest BCUT2D eigenvalue weighted by molar-refractivity contribution is -0.132. The minimum atomic E-state index is -0.505. The van der Waals surface area contributed by atoms with Gasteiger partial charge in [-0.15, -0.1) is 10.2 Å². The zero-order valence-electron chi connectivity index (χ0n) is 18.9. The van der Waals surface area contributed by atoms with Gasteiger partial charge in [-0.1, -0.05) is 64.7 Å². The lowest BCUT2D eigenvalue weighted by Crippen LogP contribution is -2.19. The highest BCUT2D eigenvalue weighted by molar-refractivity contribution is 8.03. The zero-order chi connectivity index (χ0) is 25.2. The average Bonchev–Trinajstić information content (AvgIpc) is 3.30. The summed E-state index contributed by atoms with van der Waals surface area (Å²) in [5.74, 6) is 0.757. The van der Waals surface area contributed by atoms with E-state index in [1.54, 1.807) is 12.1 Å². The van der Waals surface area contributed by atoms with Gasteiger partial charge in [0.2, 0.25) is 5.75 Å². The van der Waals surface area contributed by atoms with Crippen LogP contribution in [0.15, 0.2) is 50.2 Å². The molecular formula is C22H21ClN4O5S3. The minimum Gasteiger partial charge on any atom is -0.493 e.